The summed E-state index contributed by atoms with van der Waals surface area (Å²) in [6.45, 7) is 13.3. The zero-order chi connectivity index (χ0) is 10.2. The van der Waals surface area contributed by atoms with Gasteiger partial charge in [0.2, 0.25) is 0 Å². The Morgan fingerprint density at radius 1 is 1.17 bits per heavy atom. The molecule has 0 saturated heterocycles. The molecule has 0 atom stereocenters. The summed E-state index contributed by atoms with van der Waals surface area (Å²) in [5.41, 5.74) is 5.26. The number of nitrogens with two attached hydrogens (primary N) is 1. The highest BCUT2D eigenvalue weighted by atomic mass is 14.8. The fourth-order valence-corrected chi connectivity index (χ4v) is 0.473. The van der Waals surface area contributed by atoms with E-state index >= 15 is 0 Å². The molecule has 0 rings (SSSR count). The van der Waals surface area contributed by atoms with Crippen molar-refractivity contribution in [2.45, 2.75) is 40.5 Å². The molecule has 0 aliphatic rings. The molecule has 0 amide bonds. The van der Waals surface area contributed by atoms with Crippen molar-refractivity contribution in [1.29, 1.82) is 0 Å². The first-order chi connectivity index (χ1) is 5.91. The van der Waals surface area contributed by atoms with E-state index in [2.05, 4.69) is 11.9 Å². The van der Waals surface area contributed by atoms with Crippen molar-refractivity contribution >= 4 is 0 Å². The summed E-state index contributed by atoms with van der Waals surface area (Å²) in [4.78, 5) is 0. The highest BCUT2D eigenvalue weighted by Gasteiger charge is 1.79. The molecule has 0 spiro atoms. The smallest absolute Gasteiger partial charge is 0.0141 e. The molecule has 0 fully saturated rings. The van der Waals surface area contributed by atoms with E-state index in [-0.39, 0.29) is 0 Å². The summed E-state index contributed by atoms with van der Waals surface area (Å²) < 4.78 is 0. The fraction of sp³-hybridized carbons (Fsp3) is 0.800. The summed E-state index contributed by atoms with van der Waals surface area (Å²) in [7, 11) is 0. The maximum atomic E-state index is 5.26. The highest BCUT2D eigenvalue weighted by molar-refractivity contribution is 4.61. The molecule has 0 aliphatic carbocycles. The average molecular weight is 174 g/mol. The minimum atomic E-state index is 0.790. The standard InChI is InChI=1S/C6H14N2.2C2H6/c1-2-8-6-4-3-5-7;2*1-2/h2,8H,1,3-7H2;2*1-2H3. The van der Waals surface area contributed by atoms with Crippen LogP contribution in [0.5, 0.6) is 0 Å². The molecular formula is C10H26N2. The van der Waals surface area contributed by atoms with E-state index in [0.29, 0.717) is 0 Å². The first-order valence-electron chi connectivity index (χ1n) is 4.96. The second-order valence-corrected chi connectivity index (χ2v) is 1.65. The van der Waals surface area contributed by atoms with Gasteiger partial charge in [-0.25, -0.2) is 0 Å². The molecule has 76 valence electrons. The molecule has 0 aromatic carbocycles. The van der Waals surface area contributed by atoms with Crippen LogP contribution in [0.2, 0.25) is 0 Å². The number of unbranched alkanes of at least 4 members (excludes halogenated alkanes) is 1. The van der Waals surface area contributed by atoms with Crippen molar-refractivity contribution in [2.24, 2.45) is 5.73 Å². The lowest BCUT2D eigenvalue weighted by Gasteiger charge is -1.96. The molecule has 12 heavy (non-hydrogen) atoms. The minimum Gasteiger partial charge on any atom is -0.391 e. The first kappa shape index (κ1) is 17.5. The number of nitrogens with one attached hydrogen (secondary N) is 1. The van der Waals surface area contributed by atoms with Crippen molar-refractivity contribution in [3.63, 3.8) is 0 Å². The summed E-state index contributed by atoms with van der Waals surface area (Å²) in [6, 6.07) is 0. The van der Waals surface area contributed by atoms with Gasteiger partial charge in [0.05, 0.1) is 0 Å². The van der Waals surface area contributed by atoms with Gasteiger partial charge in [-0.05, 0) is 25.6 Å². The highest BCUT2D eigenvalue weighted by Crippen LogP contribution is 1.80. The molecule has 0 aromatic heterocycles. The summed E-state index contributed by atoms with van der Waals surface area (Å²) in [5, 5.41) is 2.99. The molecular weight excluding hydrogens is 148 g/mol. The lowest BCUT2D eigenvalue weighted by Crippen LogP contribution is -2.08. The van der Waals surface area contributed by atoms with E-state index in [1.807, 2.05) is 27.7 Å². The SMILES string of the molecule is C=CNCCCCN.CC.CC. The predicted octanol–water partition coefficient (Wildman–Crippen LogP) is 2.51. The fourth-order valence-electron chi connectivity index (χ4n) is 0.473. The van der Waals surface area contributed by atoms with E-state index in [1.54, 1.807) is 6.20 Å². The molecule has 0 bridgehead atoms. The van der Waals surface area contributed by atoms with Crippen LogP contribution in [0.15, 0.2) is 12.8 Å². The van der Waals surface area contributed by atoms with Gasteiger partial charge in [0.1, 0.15) is 0 Å². The number of hydrogen-bond acceptors (Lipinski definition) is 2. The van der Waals surface area contributed by atoms with E-state index < -0.39 is 0 Å². The van der Waals surface area contributed by atoms with E-state index in [1.165, 1.54) is 0 Å². The molecule has 0 unspecified atom stereocenters. The Bertz CT molecular complexity index is 53.8. The normalized spacial score (nSPS) is 6.75. The van der Waals surface area contributed by atoms with Gasteiger partial charge in [0.25, 0.3) is 0 Å². The van der Waals surface area contributed by atoms with Crippen molar-refractivity contribution in [2.75, 3.05) is 13.1 Å². The van der Waals surface area contributed by atoms with Crippen molar-refractivity contribution in [3.8, 4) is 0 Å². The minimum absolute atomic E-state index is 0.790. The Morgan fingerprint density at radius 2 is 1.67 bits per heavy atom. The zero-order valence-corrected chi connectivity index (χ0v) is 9.19. The van der Waals surface area contributed by atoms with Gasteiger partial charge < -0.3 is 11.1 Å². The molecule has 0 aromatic rings. The Balaban J connectivity index is -0.000000175. The lowest BCUT2D eigenvalue weighted by atomic mass is 10.3. The quantitative estimate of drug-likeness (QED) is 0.628. The third-order valence-corrected chi connectivity index (χ3v) is 0.920. The van der Waals surface area contributed by atoms with Crippen LogP contribution in [-0.2, 0) is 0 Å². The van der Waals surface area contributed by atoms with Gasteiger partial charge >= 0.3 is 0 Å². The third kappa shape index (κ3) is 33.9. The Labute approximate surface area is 78.2 Å². The second kappa shape index (κ2) is 31.3. The van der Waals surface area contributed by atoms with E-state index in [4.69, 9.17) is 5.73 Å². The van der Waals surface area contributed by atoms with Crippen LogP contribution < -0.4 is 11.1 Å². The molecule has 3 N–H and O–H groups in total. The monoisotopic (exact) mass is 174 g/mol. The second-order valence-electron chi connectivity index (χ2n) is 1.65. The lowest BCUT2D eigenvalue weighted by molar-refractivity contribution is 0.704. The van der Waals surface area contributed by atoms with Gasteiger partial charge in [0.15, 0.2) is 0 Å². The largest absolute Gasteiger partial charge is 0.391 e. The maximum absolute atomic E-state index is 5.26. The van der Waals surface area contributed by atoms with Crippen LogP contribution in [-0.4, -0.2) is 13.1 Å². The van der Waals surface area contributed by atoms with E-state index in [9.17, 15) is 0 Å². The zero-order valence-electron chi connectivity index (χ0n) is 9.19. The van der Waals surface area contributed by atoms with Gasteiger partial charge in [-0.2, -0.15) is 0 Å². The van der Waals surface area contributed by atoms with Gasteiger partial charge in [-0.15, -0.1) is 0 Å². The summed E-state index contributed by atoms with van der Waals surface area (Å²) >= 11 is 0. The maximum Gasteiger partial charge on any atom is 0.0141 e. The molecule has 0 aliphatic heterocycles. The Hall–Kier alpha value is -0.500. The Kier molecular flexibility index (Phi) is 45.8. The van der Waals surface area contributed by atoms with Gasteiger partial charge in [-0.1, -0.05) is 34.3 Å². The first-order valence-corrected chi connectivity index (χ1v) is 4.96. The van der Waals surface area contributed by atoms with Crippen LogP contribution in [0.3, 0.4) is 0 Å². The van der Waals surface area contributed by atoms with Crippen LogP contribution in [0.4, 0.5) is 0 Å². The number of rotatable bonds is 5. The average Bonchev–Trinajstić information content (AvgIpc) is 2.19. The van der Waals surface area contributed by atoms with Crippen LogP contribution in [0, 0.1) is 0 Å². The summed E-state index contributed by atoms with van der Waals surface area (Å²) in [5.74, 6) is 0. The van der Waals surface area contributed by atoms with Crippen LogP contribution >= 0.6 is 0 Å². The molecule has 0 saturated carbocycles. The van der Waals surface area contributed by atoms with Gasteiger partial charge in [-0.3, -0.25) is 0 Å². The molecule has 2 heteroatoms. The van der Waals surface area contributed by atoms with Crippen molar-refractivity contribution in [1.82, 2.24) is 5.32 Å². The third-order valence-electron chi connectivity index (χ3n) is 0.920. The van der Waals surface area contributed by atoms with Crippen LogP contribution in [0.1, 0.15) is 40.5 Å². The van der Waals surface area contributed by atoms with Crippen molar-refractivity contribution in [3.05, 3.63) is 12.8 Å². The molecule has 2 nitrogen and oxygen atoms in total. The van der Waals surface area contributed by atoms with Crippen LogP contribution in [0.25, 0.3) is 0 Å². The van der Waals surface area contributed by atoms with Gasteiger partial charge in [0, 0.05) is 6.54 Å². The van der Waals surface area contributed by atoms with E-state index in [0.717, 1.165) is 25.9 Å². The predicted molar refractivity (Wildman–Crippen MR) is 59.2 cm³/mol. The molecule has 0 heterocycles. The molecule has 0 radical (unpaired) electrons. The topological polar surface area (TPSA) is 38.0 Å². The summed E-state index contributed by atoms with van der Waals surface area (Å²) in [6.07, 6.45) is 3.94. The van der Waals surface area contributed by atoms with Crippen molar-refractivity contribution < 1.29 is 0 Å². The Morgan fingerprint density at radius 3 is 2.00 bits per heavy atom. The number of hydrogen-bond donors (Lipinski definition) is 2.